The van der Waals surface area contributed by atoms with Crippen LogP contribution in [-0.2, 0) is 6.42 Å². The predicted octanol–water partition coefficient (Wildman–Crippen LogP) is 4.08. The Hall–Kier alpha value is -2.14. The highest BCUT2D eigenvalue weighted by molar-refractivity contribution is 5.54. The Balaban J connectivity index is 1.59. The number of rotatable bonds is 5. The summed E-state index contributed by atoms with van der Waals surface area (Å²) in [6.45, 7) is 8.04. The summed E-state index contributed by atoms with van der Waals surface area (Å²) in [5.41, 5.74) is 9.98. The van der Waals surface area contributed by atoms with Crippen LogP contribution in [0.4, 0.5) is 11.8 Å². The third-order valence-electron chi connectivity index (χ3n) is 6.66. The summed E-state index contributed by atoms with van der Waals surface area (Å²) in [5.74, 6) is 2.45. The van der Waals surface area contributed by atoms with Gasteiger partial charge in [0.2, 0.25) is 5.95 Å². The average Bonchev–Trinajstić information content (AvgIpc) is 2.73. The van der Waals surface area contributed by atoms with E-state index < -0.39 is 0 Å². The molecule has 156 valence electrons. The number of fused-ring (bicyclic) bond motifs is 1. The highest BCUT2D eigenvalue weighted by Crippen LogP contribution is 2.39. The van der Waals surface area contributed by atoms with E-state index in [1.54, 1.807) is 0 Å². The first-order chi connectivity index (χ1) is 14.0. The van der Waals surface area contributed by atoms with Crippen LogP contribution in [0.3, 0.4) is 0 Å². The van der Waals surface area contributed by atoms with Crippen molar-refractivity contribution in [2.24, 2.45) is 5.92 Å². The molecule has 29 heavy (non-hydrogen) atoms. The molecule has 2 aliphatic rings. The molecule has 0 bridgehead atoms. The van der Waals surface area contributed by atoms with Crippen molar-refractivity contribution < 1.29 is 0 Å². The molecule has 2 N–H and O–H groups in total. The number of anilines is 2. The van der Waals surface area contributed by atoms with Gasteiger partial charge in [0.15, 0.2) is 0 Å². The molecule has 5 nitrogen and oxygen atoms in total. The van der Waals surface area contributed by atoms with Crippen LogP contribution in [-0.4, -0.2) is 47.6 Å². The molecule has 1 aromatic heterocycles. The highest BCUT2D eigenvalue weighted by atomic mass is 15.2. The van der Waals surface area contributed by atoms with Crippen molar-refractivity contribution in [1.82, 2.24) is 14.9 Å². The van der Waals surface area contributed by atoms with Crippen LogP contribution in [0.25, 0.3) is 0 Å². The molecular formula is C24H35N5. The Bertz CT molecular complexity index is 820. The molecule has 1 aliphatic carbocycles. The largest absolute Gasteiger partial charge is 0.368 e. The molecular weight excluding hydrogens is 358 g/mol. The third kappa shape index (κ3) is 4.40. The van der Waals surface area contributed by atoms with Crippen molar-refractivity contribution >= 4 is 11.8 Å². The Morgan fingerprint density at radius 2 is 1.93 bits per heavy atom. The molecule has 2 atom stereocenters. The van der Waals surface area contributed by atoms with E-state index >= 15 is 0 Å². The lowest BCUT2D eigenvalue weighted by Gasteiger charge is -2.38. The van der Waals surface area contributed by atoms with E-state index in [4.69, 9.17) is 15.7 Å². The second-order valence-corrected chi connectivity index (χ2v) is 9.10. The SMILES string of the molecule is CC(C)N1CCCC(CN(C)c2nc(N)nc3c2CCCC3c2ccccc2)C1. The summed E-state index contributed by atoms with van der Waals surface area (Å²) < 4.78 is 0. The van der Waals surface area contributed by atoms with Gasteiger partial charge < -0.3 is 15.5 Å². The quantitative estimate of drug-likeness (QED) is 0.829. The monoisotopic (exact) mass is 393 g/mol. The molecule has 1 aromatic carbocycles. The number of aromatic nitrogens is 2. The fraction of sp³-hybridized carbons (Fsp3) is 0.583. The van der Waals surface area contributed by atoms with Crippen LogP contribution in [0.2, 0.25) is 0 Å². The summed E-state index contributed by atoms with van der Waals surface area (Å²) >= 11 is 0. The van der Waals surface area contributed by atoms with Gasteiger partial charge in [0.05, 0.1) is 5.69 Å². The highest BCUT2D eigenvalue weighted by Gasteiger charge is 2.29. The maximum atomic E-state index is 6.20. The molecule has 2 heterocycles. The van der Waals surface area contributed by atoms with Crippen LogP contribution in [0.1, 0.15) is 62.3 Å². The van der Waals surface area contributed by atoms with Gasteiger partial charge in [-0.25, -0.2) is 4.98 Å². The van der Waals surface area contributed by atoms with Gasteiger partial charge in [0.1, 0.15) is 5.82 Å². The zero-order chi connectivity index (χ0) is 20.4. The first-order valence-electron chi connectivity index (χ1n) is 11.2. The van der Waals surface area contributed by atoms with Gasteiger partial charge in [-0.1, -0.05) is 30.3 Å². The first-order valence-corrected chi connectivity index (χ1v) is 11.2. The molecule has 0 spiro atoms. The third-order valence-corrected chi connectivity index (χ3v) is 6.66. The van der Waals surface area contributed by atoms with E-state index in [0.29, 0.717) is 23.8 Å². The van der Waals surface area contributed by atoms with Crippen molar-refractivity contribution in [2.45, 2.75) is 57.9 Å². The van der Waals surface area contributed by atoms with E-state index in [2.05, 4.69) is 61.0 Å². The van der Waals surface area contributed by atoms with Crippen molar-refractivity contribution in [2.75, 3.05) is 37.3 Å². The van der Waals surface area contributed by atoms with Gasteiger partial charge in [-0.3, -0.25) is 0 Å². The standard InChI is InChI=1S/C24H35N5/c1-17(2)29-14-8-9-18(16-29)15-28(3)23-21-13-7-12-20(19-10-5-4-6-11-19)22(21)26-24(25)27-23/h4-6,10-11,17-18,20H,7-9,12-16H2,1-3H3,(H2,25,26,27). The Morgan fingerprint density at radius 1 is 1.14 bits per heavy atom. The van der Waals surface area contributed by atoms with Crippen LogP contribution in [0, 0.1) is 5.92 Å². The maximum Gasteiger partial charge on any atom is 0.222 e. The topological polar surface area (TPSA) is 58.3 Å². The first kappa shape index (κ1) is 20.1. The molecule has 5 heteroatoms. The minimum Gasteiger partial charge on any atom is -0.368 e. The fourth-order valence-corrected chi connectivity index (χ4v) is 5.17. The molecule has 1 saturated heterocycles. The van der Waals surface area contributed by atoms with E-state index in [0.717, 1.165) is 30.9 Å². The number of hydrogen-bond acceptors (Lipinski definition) is 5. The maximum absolute atomic E-state index is 6.20. The zero-order valence-electron chi connectivity index (χ0n) is 18.1. The molecule has 1 aliphatic heterocycles. The molecule has 0 amide bonds. The smallest absolute Gasteiger partial charge is 0.222 e. The summed E-state index contributed by atoms with van der Waals surface area (Å²) in [6, 6.07) is 11.4. The second kappa shape index (κ2) is 8.70. The Kier molecular flexibility index (Phi) is 6.04. The van der Waals surface area contributed by atoms with Gasteiger partial charge >= 0.3 is 0 Å². The molecule has 1 fully saturated rings. The molecule has 0 saturated carbocycles. The van der Waals surface area contributed by atoms with Crippen LogP contribution >= 0.6 is 0 Å². The summed E-state index contributed by atoms with van der Waals surface area (Å²) in [6.07, 6.45) is 5.93. The molecule has 0 radical (unpaired) electrons. The molecule has 2 unspecified atom stereocenters. The summed E-state index contributed by atoms with van der Waals surface area (Å²) in [4.78, 5) is 14.4. The lowest BCUT2D eigenvalue weighted by Crippen LogP contribution is -2.43. The second-order valence-electron chi connectivity index (χ2n) is 9.10. The Labute approximate surface area is 175 Å². The van der Waals surface area contributed by atoms with Crippen LogP contribution in [0.5, 0.6) is 0 Å². The summed E-state index contributed by atoms with van der Waals surface area (Å²) in [5, 5.41) is 0. The predicted molar refractivity (Wildman–Crippen MR) is 120 cm³/mol. The van der Waals surface area contributed by atoms with Crippen molar-refractivity contribution in [3.63, 3.8) is 0 Å². The Morgan fingerprint density at radius 3 is 2.69 bits per heavy atom. The van der Waals surface area contributed by atoms with Crippen molar-refractivity contribution in [3.8, 4) is 0 Å². The molecule has 2 aromatic rings. The van der Waals surface area contributed by atoms with E-state index in [1.807, 2.05) is 0 Å². The van der Waals surface area contributed by atoms with E-state index in [-0.39, 0.29) is 0 Å². The average molecular weight is 394 g/mol. The number of likely N-dealkylation sites (tertiary alicyclic amines) is 1. The minimum atomic E-state index is 0.323. The lowest BCUT2D eigenvalue weighted by molar-refractivity contribution is 0.142. The minimum absolute atomic E-state index is 0.323. The number of nitrogen functional groups attached to an aromatic ring is 1. The number of benzene rings is 1. The van der Waals surface area contributed by atoms with Crippen LogP contribution in [0.15, 0.2) is 30.3 Å². The normalized spacial score (nSPS) is 22.5. The van der Waals surface area contributed by atoms with Gasteiger partial charge in [-0.2, -0.15) is 4.98 Å². The number of nitrogens with zero attached hydrogens (tertiary/aromatic N) is 4. The van der Waals surface area contributed by atoms with Crippen molar-refractivity contribution in [3.05, 3.63) is 47.2 Å². The van der Waals surface area contributed by atoms with Gasteiger partial charge in [-0.15, -0.1) is 0 Å². The van der Waals surface area contributed by atoms with Gasteiger partial charge in [0.25, 0.3) is 0 Å². The summed E-state index contributed by atoms with van der Waals surface area (Å²) in [7, 11) is 2.18. The van der Waals surface area contributed by atoms with Gasteiger partial charge in [0, 0.05) is 37.7 Å². The van der Waals surface area contributed by atoms with E-state index in [9.17, 15) is 0 Å². The van der Waals surface area contributed by atoms with Crippen molar-refractivity contribution in [1.29, 1.82) is 0 Å². The zero-order valence-corrected chi connectivity index (χ0v) is 18.1. The number of nitrogens with two attached hydrogens (primary N) is 1. The number of hydrogen-bond donors (Lipinski definition) is 1. The lowest BCUT2D eigenvalue weighted by atomic mass is 9.82. The van der Waals surface area contributed by atoms with E-state index in [1.165, 1.54) is 43.5 Å². The fourth-order valence-electron chi connectivity index (χ4n) is 5.17. The molecule has 4 rings (SSSR count). The van der Waals surface area contributed by atoms with Crippen LogP contribution < -0.4 is 10.6 Å². The van der Waals surface area contributed by atoms with Gasteiger partial charge in [-0.05, 0) is 64.0 Å². The number of piperidine rings is 1.